The van der Waals surface area contributed by atoms with Crippen molar-refractivity contribution >= 4 is 5.70 Å². The van der Waals surface area contributed by atoms with Gasteiger partial charge in [-0.15, -0.1) is 0 Å². The summed E-state index contributed by atoms with van der Waals surface area (Å²) in [6, 6.07) is 4.34. The topological polar surface area (TPSA) is 16.1 Å². The van der Waals surface area contributed by atoms with Crippen molar-refractivity contribution in [3.8, 4) is 0 Å². The molecule has 1 aliphatic rings. The summed E-state index contributed by atoms with van der Waals surface area (Å²) in [5.74, 6) is 0.554. The number of aromatic nitrogens is 1. The second-order valence-electron chi connectivity index (χ2n) is 4.98. The average Bonchev–Trinajstić information content (AvgIpc) is 3.02. The van der Waals surface area contributed by atoms with Crippen LogP contribution in [-0.2, 0) is 0 Å². The Kier molecular flexibility index (Phi) is 2.99. The molecule has 0 N–H and O–H groups in total. The molecule has 0 amide bonds. The molecule has 0 aromatic carbocycles. The first-order valence-corrected chi connectivity index (χ1v) is 5.95. The Balaban J connectivity index is 2.31. The summed E-state index contributed by atoms with van der Waals surface area (Å²) in [5.41, 5.74) is 5.27. The smallest absolute Gasteiger partial charge is 0.0862 e. The van der Waals surface area contributed by atoms with E-state index in [1.165, 1.54) is 29.7 Å². The van der Waals surface area contributed by atoms with Gasteiger partial charge in [0.25, 0.3) is 0 Å². The molecule has 0 spiro atoms. The van der Waals surface area contributed by atoms with E-state index in [0.29, 0.717) is 5.92 Å². The molecule has 0 radical (unpaired) electrons. The minimum Gasteiger partial charge on any atom is -0.376 e. The van der Waals surface area contributed by atoms with Crippen molar-refractivity contribution in [2.45, 2.75) is 32.6 Å². The van der Waals surface area contributed by atoms with E-state index in [1.807, 2.05) is 6.20 Å². The molecule has 2 nitrogen and oxygen atoms in total. The van der Waals surface area contributed by atoms with Gasteiger partial charge in [0, 0.05) is 20.3 Å². The molecule has 0 bridgehead atoms. The van der Waals surface area contributed by atoms with Crippen molar-refractivity contribution < 1.29 is 0 Å². The minimum absolute atomic E-state index is 0.554. The predicted molar refractivity (Wildman–Crippen MR) is 68.2 cm³/mol. The van der Waals surface area contributed by atoms with Crippen molar-refractivity contribution in [2.24, 2.45) is 0 Å². The Morgan fingerprint density at radius 3 is 2.31 bits per heavy atom. The summed E-state index contributed by atoms with van der Waals surface area (Å²) in [4.78, 5) is 6.76. The zero-order chi connectivity index (χ0) is 11.7. The highest BCUT2D eigenvalue weighted by atomic mass is 15.1. The lowest BCUT2D eigenvalue weighted by atomic mass is 10.1. The quantitative estimate of drug-likeness (QED) is 0.771. The average molecular weight is 216 g/mol. The van der Waals surface area contributed by atoms with Crippen LogP contribution in [0.2, 0.25) is 0 Å². The van der Waals surface area contributed by atoms with Gasteiger partial charge in [-0.1, -0.05) is 19.9 Å². The Labute approximate surface area is 98.0 Å². The van der Waals surface area contributed by atoms with Gasteiger partial charge in [-0.25, -0.2) is 0 Å². The molecule has 1 fully saturated rings. The SMILES string of the molecule is CC(C)c1ccc(C(=C2CC2)N(C)C)nc1. The van der Waals surface area contributed by atoms with Crippen molar-refractivity contribution in [2.75, 3.05) is 14.1 Å². The number of hydrogen-bond acceptors (Lipinski definition) is 2. The molecular weight excluding hydrogens is 196 g/mol. The fraction of sp³-hybridized carbons (Fsp3) is 0.500. The Morgan fingerprint density at radius 1 is 1.25 bits per heavy atom. The van der Waals surface area contributed by atoms with Crippen LogP contribution < -0.4 is 0 Å². The lowest BCUT2D eigenvalue weighted by Gasteiger charge is -2.17. The lowest BCUT2D eigenvalue weighted by Crippen LogP contribution is -2.11. The Bertz CT molecular complexity index is 393. The first kappa shape index (κ1) is 11.2. The molecule has 1 aromatic heterocycles. The van der Waals surface area contributed by atoms with Gasteiger partial charge in [0.05, 0.1) is 11.4 Å². The maximum Gasteiger partial charge on any atom is 0.0862 e. The van der Waals surface area contributed by atoms with Crippen LogP contribution in [-0.4, -0.2) is 24.0 Å². The van der Waals surface area contributed by atoms with E-state index in [0.717, 1.165) is 5.69 Å². The highest BCUT2D eigenvalue weighted by Gasteiger charge is 2.21. The fourth-order valence-electron chi connectivity index (χ4n) is 1.91. The minimum atomic E-state index is 0.554. The summed E-state index contributed by atoms with van der Waals surface area (Å²) < 4.78 is 0. The number of nitrogens with zero attached hydrogens (tertiary/aromatic N) is 2. The van der Waals surface area contributed by atoms with Crippen LogP contribution >= 0.6 is 0 Å². The van der Waals surface area contributed by atoms with Gasteiger partial charge in [0.1, 0.15) is 0 Å². The number of pyridine rings is 1. The lowest BCUT2D eigenvalue weighted by molar-refractivity contribution is 0.587. The van der Waals surface area contributed by atoms with Crippen molar-refractivity contribution in [1.82, 2.24) is 9.88 Å². The van der Waals surface area contributed by atoms with E-state index in [2.05, 4.69) is 50.0 Å². The molecule has 2 heteroatoms. The van der Waals surface area contributed by atoms with Crippen LogP contribution in [0.3, 0.4) is 0 Å². The van der Waals surface area contributed by atoms with Crippen molar-refractivity contribution in [3.05, 3.63) is 35.2 Å². The molecule has 1 aliphatic carbocycles. The van der Waals surface area contributed by atoms with Crippen LogP contribution in [0.15, 0.2) is 23.9 Å². The molecule has 16 heavy (non-hydrogen) atoms. The van der Waals surface area contributed by atoms with Crippen LogP contribution in [0.25, 0.3) is 5.70 Å². The normalized spacial score (nSPS) is 14.2. The Hall–Kier alpha value is -1.31. The third kappa shape index (κ3) is 2.26. The van der Waals surface area contributed by atoms with Gasteiger partial charge >= 0.3 is 0 Å². The second kappa shape index (κ2) is 4.28. The summed E-state index contributed by atoms with van der Waals surface area (Å²) in [6.45, 7) is 4.39. The maximum atomic E-state index is 4.58. The maximum absolute atomic E-state index is 4.58. The van der Waals surface area contributed by atoms with Gasteiger partial charge in [-0.3, -0.25) is 4.98 Å². The van der Waals surface area contributed by atoms with Gasteiger partial charge in [-0.05, 0) is 36.0 Å². The van der Waals surface area contributed by atoms with Gasteiger partial charge in [-0.2, -0.15) is 0 Å². The Morgan fingerprint density at radius 2 is 1.94 bits per heavy atom. The first-order valence-electron chi connectivity index (χ1n) is 5.95. The molecule has 0 saturated heterocycles. The zero-order valence-electron chi connectivity index (χ0n) is 10.6. The van der Waals surface area contributed by atoms with Crippen LogP contribution in [0, 0.1) is 0 Å². The van der Waals surface area contributed by atoms with Crippen LogP contribution in [0.5, 0.6) is 0 Å². The molecule has 1 aromatic rings. The van der Waals surface area contributed by atoms with E-state index in [1.54, 1.807) is 0 Å². The first-order chi connectivity index (χ1) is 7.59. The number of allylic oxidation sites excluding steroid dienone is 1. The highest BCUT2D eigenvalue weighted by Crippen LogP contribution is 2.36. The molecule has 0 unspecified atom stereocenters. The van der Waals surface area contributed by atoms with Gasteiger partial charge in [0.15, 0.2) is 0 Å². The van der Waals surface area contributed by atoms with Crippen LogP contribution in [0.1, 0.15) is 43.9 Å². The van der Waals surface area contributed by atoms with Crippen LogP contribution in [0.4, 0.5) is 0 Å². The third-order valence-electron chi connectivity index (χ3n) is 2.98. The van der Waals surface area contributed by atoms with Crippen molar-refractivity contribution in [1.29, 1.82) is 0 Å². The van der Waals surface area contributed by atoms with E-state index < -0.39 is 0 Å². The summed E-state index contributed by atoms with van der Waals surface area (Å²) in [5, 5.41) is 0. The predicted octanol–water partition coefficient (Wildman–Crippen LogP) is 3.27. The third-order valence-corrected chi connectivity index (χ3v) is 2.98. The fourth-order valence-corrected chi connectivity index (χ4v) is 1.91. The standard InChI is InChI=1S/C14H20N2/c1-10(2)12-7-8-13(15-9-12)14(16(3)4)11-5-6-11/h7-10H,5-6H2,1-4H3. The van der Waals surface area contributed by atoms with E-state index in [9.17, 15) is 0 Å². The van der Waals surface area contributed by atoms with E-state index in [-0.39, 0.29) is 0 Å². The second-order valence-corrected chi connectivity index (χ2v) is 4.98. The largest absolute Gasteiger partial charge is 0.376 e. The van der Waals surface area contributed by atoms with Crippen molar-refractivity contribution in [3.63, 3.8) is 0 Å². The molecule has 0 aliphatic heterocycles. The number of rotatable bonds is 3. The van der Waals surface area contributed by atoms with E-state index >= 15 is 0 Å². The van der Waals surface area contributed by atoms with Gasteiger partial charge < -0.3 is 4.90 Å². The monoisotopic (exact) mass is 216 g/mol. The summed E-state index contributed by atoms with van der Waals surface area (Å²) in [6.07, 6.45) is 4.48. The highest BCUT2D eigenvalue weighted by molar-refractivity contribution is 5.67. The molecule has 2 rings (SSSR count). The molecule has 0 atom stereocenters. The molecule has 1 saturated carbocycles. The van der Waals surface area contributed by atoms with Gasteiger partial charge in [0.2, 0.25) is 0 Å². The molecule has 86 valence electrons. The number of hydrogen-bond donors (Lipinski definition) is 0. The van der Waals surface area contributed by atoms with E-state index in [4.69, 9.17) is 0 Å². The molecule has 1 heterocycles. The summed E-state index contributed by atoms with van der Waals surface area (Å²) >= 11 is 0. The zero-order valence-corrected chi connectivity index (χ0v) is 10.6. The molecular formula is C14H20N2. The summed E-state index contributed by atoms with van der Waals surface area (Å²) in [7, 11) is 4.19.